The molecule has 0 aliphatic heterocycles. The Bertz CT molecular complexity index is 202. The van der Waals surface area contributed by atoms with Crippen LogP contribution in [0.2, 0.25) is 0 Å². The first-order chi connectivity index (χ1) is 6.06. The molecule has 0 aromatic heterocycles. The number of likely N-dealkylation sites (N-methyl/N-ethyl adjacent to an activating group) is 1. The topological polar surface area (TPSA) is 63.7 Å². The highest BCUT2D eigenvalue weighted by Crippen LogP contribution is 1.88. The van der Waals surface area contributed by atoms with Crippen LogP contribution in [0.15, 0.2) is 0 Å². The van der Waals surface area contributed by atoms with Gasteiger partial charge in [0.25, 0.3) is 0 Å². The van der Waals surface area contributed by atoms with Crippen molar-refractivity contribution in [3.63, 3.8) is 0 Å². The molecule has 5 nitrogen and oxygen atoms in total. The van der Waals surface area contributed by atoms with Crippen molar-refractivity contribution in [2.24, 2.45) is 0 Å². The third-order valence-corrected chi connectivity index (χ3v) is 1.28. The summed E-state index contributed by atoms with van der Waals surface area (Å²) in [6, 6.07) is 0. The number of Topliss-reactive ketones (excluding diaryl/α,β-unsaturated/α-hetero) is 1. The van der Waals surface area contributed by atoms with E-state index < -0.39 is 5.97 Å². The van der Waals surface area contributed by atoms with Gasteiger partial charge in [0.1, 0.15) is 18.8 Å². The number of carbonyl (C=O) groups excluding carboxylic acids is 3. The van der Waals surface area contributed by atoms with Gasteiger partial charge in [-0.05, 0) is 6.92 Å². The van der Waals surface area contributed by atoms with E-state index >= 15 is 0 Å². The summed E-state index contributed by atoms with van der Waals surface area (Å²) >= 11 is 0. The van der Waals surface area contributed by atoms with Gasteiger partial charge in [0.05, 0.1) is 6.54 Å². The number of hydrogen-bond donors (Lipinski definition) is 0. The first kappa shape index (κ1) is 11.6. The summed E-state index contributed by atoms with van der Waals surface area (Å²) in [6.07, 6.45) is 0.434. The van der Waals surface area contributed by atoms with E-state index in [9.17, 15) is 14.4 Å². The molecule has 0 heterocycles. The monoisotopic (exact) mass is 187 g/mol. The molecular formula is C8H13NO4. The van der Waals surface area contributed by atoms with Crippen molar-refractivity contribution in [3.8, 4) is 0 Å². The van der Waals surface area contributed by atoms with Crippen LogP contribution in [-0.2, 0) is 19.1 Å². The molecule has 0 unspecified atom stereocenters. The van der Waals surface area contributed by atoms with E-state index in [2.05, 4.69) is 4.74 Å². The van der Waals surface area contributed by atoms with E-state index in [-0.39, 0.29) is 18.8 Å². The molecule has 0 fully saturated rings. The maximum atomic E-state index is 10.8. The second-order valence-corrected chi connectivity index (χ2v) is 2.69. The minimum Gasteiger partial charge on any atom is -0.463 e. The van der Waals surface area contributed by atoms with Gasteiger partial charge in [-0.1, -0.05) is 0 Å². The Morgan fingerprint density at radius 2 is 2.08 bits per heavy atom. The van der Waals surface area contributed by atoms with Crippen molar-refractivity contribution in [3.05, 3.63) is 0 Å². The van der Waals surface area contributed by atoms with E-state index in [1.807, 2.05) is 0 Å². The number of carbonyl (C=O) groups is 3. The van der Waals surface area contributed by atoms with Crippen LogP contribution in [0.1, 0.15) is 13.3 Å². The van der Waals surface area contributed by atoms with Crippen LogP contribution in [0.5, 0.6) is 0 Å². The average Bonchev–Trinajstić information content (AvgIpc) is 2.02. The molecular weight excluding hydrogens is 174 g/mol. The van der Waals surface area contributed by atoms with Gasteiger partial charge in [-0.15, -0.1) is 0 Å². The maximum absolute atomic E-state index is 10.8. The fourth-order valence-corrected chi connectivity index (χ4v) is 0.610. The van der Waals surface area contributed by atoms with Gasteiger partial charge >= 0.3 is 5.97 Å². The highest BCUT2D eigenvalue weighted by molar-refractivity contribution is 5.94. The summed E-state index contributed by atoms with van der Waals surface area (Å²) in [5, 5.41) is 0. The van der Waals surface area contributed by atoms with E-state index in [1.165, 1.54) is 11.8 Å². The lowest BCUT2D eigenvalue weighted by atomic mass is 10.3. The highest BCUT2D eigenvalue weighted by atomic mass is 16.5. The Labute approximate surface area is 76.7 Å². The summed E-state index contributed by atoms with van der Waals surface area (Å²) in [5.74, 6) is -0.777. The van der Waals surface area contributed by atoms with Crippen molar-refractivity contribution in [2.75, 3.05) is 20.2 Å². The van der Waals surface area contributed by atoms with Crippen molar-refractivity contribution >= 4 is 18.2 Å². The smallest absolute Gasteiger partial charge is 0.313 e. The van der Waals surface area contributed by atoms with Crippen LogP contribution in [0, 0.1) is 0 Å². The SMILES string of the molecule is CC(=O)CC(=O)OCCN(C)C=O. The van der Waals surface area contributed by atoms with Gasteiger partial charge in [-0.3, -0.25) is 14.4 Å². The minimum absolute atomic E-state index is 0.126. The van der Waals surface area contributed by atoms with Crippen LogP contribution in [0.4, 0.5) is 0 Å². The lowest BCUT2D eigenvalue weighted by Crippen LogP contribution is -2.23. The predicted octanol–water partition coefficient (Wildman–Crippen LogP) is -0.403. The van der Waals surface area contributed by atoms with Crippen LogP contribution in [-0.4, -0.2) is 43.3 Å². The molecule has 0 rings (SSSR count). The van der Waals surface area contributed by atoms with E-state index in [4.69, 9.17) is 0 Å². The largest absolute Gasteiger partial charge is 0.463 e. The normalized spacial score (nSPS) is 9.08. The Hall–Kier alpha value is -1.39. The molecule has 0 aliphatic carbocycles. The molecule has 0 N–H and O–H groups in total. The average molecular weight is 187 g/mol. The molecule has 0 saturated carbocycles. The minimum atomic E-state index is -0.549. The summed E-state index contributed by atoms with van der Waals surface area (Å²) in [6.45, 7) is 1.79. The number of rotatable bonds is 6. The molecule has 0 aliphatic rings. The molecule has 0 spiro atoms. The van der Waals surface area contributed by atoms with E-state index in [0.29, 0.717) is 13.0 Å². The van der Waals surface area contributed by atoms with Gasteiger partial charge in [-0.2, -0.15) is 0 Å². The molecule has 0 radical (unpaired) electrons. The standard InChI is InChI=1S/C8H13NO4/c1-7(11)5-8(12)13-4-3-9(2)6-10/h6H,3-5H2,1-2H3. The van der Waals surface area contributed by atoms with Crippen molar-refractivity contribution < 1.29 is 19.1 Å². The second kappa shape index (κ2) is 6.16. The van der Waals surface area contributed by atoms with Crippen LogP contribution in [0.3, 0.4) is 0 Å². The van der Waals surface area contributed by atoms with Gasteiger partial charge in [0, 0.05) is 7.05 Å². The highest BCUT2D eigenvalue weighted by Gasteiger charge is 2.05. The summed E-state index contributed by atoms with van der Waals surface area (Å²) in [4.78, 5) is 32.7. The number of ether oxygens (including phenoxy) is 1. The van der Waals surface area contributed by atoms with E-state index in [0.717, 1.165) is 0 Å². The first-order valence-corrected chi connectivity index (χ1v) is 3.87. The number of esters is 1. The Morgan fingerprint density at radius 3 is 2.54 bits per heavy atom. The molecule has 0 aromatic carbocycles. The quantitative estimate of drug-likeness (QED) is 0.322. The van der Waals surface area contributed by atoms with Gasteiger partial charge < -0.3 is 9.64 Å². The summed E-state index contributed by atoms with van der Waals surface area (Å²) in [5.41, 5.74) is 0. The number of hydrogen-bond acceptors (Lipinski definition) is 4. The molecule has 0 aromatic rings. The first-order valence-electron chi connectivity index (χ1n) is 3.87. The molecule has 5 heteroatoms. The van der Waals surface area contributed by atoms with Gasteiger partial charge in [0.15, 0.2) is 0 Å². The Balaban J connectivity index is 3.47. The molecule has 0 bridgehead atoms. The van der Waals surface area contributed by atoms with E-state index in [1.54, 1.807) is 7.05 Å². The second-order valence-electron chi connectivity index (χ2n) is 2.69. The number of nitrogens with zero attached hydrogens (tertiary/aromatic N) is 1. The van der Waals surface area contributed by atoms with Gasteiger partial charge in [-0.25, -0.2) is 0 Å². The maximum Gasteiger partial charge on any atom is 0.313 e. The molecule has 1 amide bonds. The zero-order valence-electron chi connectivity index (χ0n) is 7.78. The number of ketones is 1. The molecule has 13 heavy (non-hydrogen) atoms. The van der Waals surface area contributed by atoms with Crippen LogP contribution in [0.25, 0.3) is 0 Å². The fourth-order valence-electron chi connectivity index (χ4n) is 0.610. The fraction of sp³-hybridized carbons (Fsp3) is 0.625. The van der Waals surface area contributed by atoms with Crippen molar-refractivity contribution in [1.29, 1.82) is 0 Å². The Morgan fingerprint density at radius 1 is 1.46 bits per heavy atom. The summed E-state index contributed by atoms with van der Waals surface area (Å²) < 4.78 is 4.66. The van der Waals surface area contributed by atoms with Crippen molar-refractivity contribution in [2.45, 2.75) is 13.3 Å². The third-order valence-electron chi connectivity index (χ3n) is 1.28. The molecule has 0 saturated heterocycles. The summed E-state index contributed by atoms with van der Waals surface area (Å²) in [7, 11) is 1.58. The van der Waals surface area contributed by atoms with Crippen LogP contribution < -0.4 is 0 Å². The zero-order valence-corrected chi connectivity index (χ0v) is 7.78. The lowest BCUT2D eigenvalue weighted by Gasteiger charge is -2.09. The third kappa shape index (κ3) is 6.99. The lowest BCUT2D eigenvalue weighted by molar-refractivity contribution is -0.146. The van der Waals surface area contributed by atoms with Gasteiger partial charge in [0.2, 0.25) is 6.41 Å². The van der Waals surface area contributed by atoms with Crippen molar-refractivity contribution in [1.82, 2.24) is 4.90 Å². The number of amides is 1. The molecule has 0 atom stereocenters. The Kier molecular flexibility index (Phi) is 5.50. The predicted molar refractivity (Wildman–Crippen MR) is 45.0 cm³/mol. The van der Waals surface area contributed by atoms with Crippen LogP contribution >= 0.6 is 0 Å². The zero-order chi connectivity index (χ0) is 10.3. The molecule has 74 valence electrons.